The minimum atomic E-state index is -1.03. The van der Waals surface area contributed by atoms with E-state index in [9.17, 15) is 9.00 Å². The molecule has 21 heavy (non-hydrogen) atoms. The van der Waals surface area contributed by atoms with Crippen molar-refractivity contribution in [3.8, 4) is 0 Å². The number of rotatable bonds is 6. The molecule has 0 N–H and O–H groups in total. The van der Waals surface area contributed by atoms with E-state index in [-0.39, 0.29) is 5.78 Å². The summed E-state index contributed by atoms with van der Waals surface area (Å²) in [6.07, 6.45) is 1.09. The van der Waals surface area contributed by atoms with E-state index in [2.05, 4.69) is 0 Å². The van der Waals surface area contributed by atoms with E-state index in [1.165, 1.54) is 5.56 Å². The van der Waals surface area contributed by atoms with Crippen LogP contribution in [0.3, 0.4) is 0 Å². The maximum Gasteiger partial charge on any atom is 0.162 e. The Kier molecular flexibility index (Phi) is 5.45. The predicted octanol–water partition coefficient (Wildman–Crippen LogP) is 4.07. The van der Waals surface area contributed by atoms with Crippen LogP contribution in [0.15, 0.2) is 53.4 Å². The first kappa shape index (κ1) is 15.6. The Balaban J connectivity index is 1.87. The van der Waals surface area contributed by atoms with Crippen LogP contribution in [0, 0.1) is 13.8 Å². The topological polar surface area (TPSA) is 34.1 Å². The van der Waals surface area contributed by atoms with Gasteiger partial charge in [0.1, 0.15) is 0 Å². The summed E-state index contributed by atoms with van der Waals surface area (Å²) in [6.45, 7) is 4.07. The smallest absolute Gasteiger partial charge is 0.162 e. The second-order valence-corrected chi connectivity index (χ2v) is 6.76. The highest BCUT2D eigenvalue weighted by atomic mass is 32.2. The van der Waals surface area contributed by atoms with Crippen LogP contribution in [0.1, 0.15) is 34.3 Å². The number of ketones is 1. The molecule has 0 aliphatic heterocycles. The minimum Gasteiger partial charge on any atom is -0.294 e. The minimum absolute atomic E-state index is 0.118. The quantitative estimate of drug-likeness (QED) is 0.753. The first-order valence-electron chi connectivity index (χ1n) is 7.12. The van der Waals surface area contributed by atoms with Gasteiger partial charge in [-0.25, -0.2) is 0 Å². The summed E-state index contributed by atoms with van der Waals surface area (Å²) in [7, 11) is -1.03. The van der Waals surface area contributed by atoms with Crippen molar-refractivity contribution in [2.24, 2.45) is 0 Å². The molecule has 0 spiro atoms. The molecule has 0 bridgehead atoms. The largest absolute Gasteiger partial charge is 0.294 e. The summed E-state index contributed by atoms with van der Waals surface area (Å²) in [5, 5.41) is 0. The average Bonchev–Trinajstić information content (AvgIpc) is 2.50. The number of carbonyl (C=O) groups is 1. The number of hydrogen-bond acceptors (Lipinski definition) is 2. The number of aryl methyl sites for hydroxylation is 2. The van der Waals surface area contributed by atoms with Crippen LogP contribution in [-0.4, -0.2) is 15.7 Å². The van der Waals surface area contributed by atoms with Gasteiger partial charge in [0.15, 0.2) is 5.78 Å². The Labute approximate surface area is 128 Å². The van der Waals surface area contributed by atoms with Crippen LogP contribution in [0.2, 0.25) is 0 Å². The van der Waals surface area contributed by atoms with E-state index < -0.39 is 10.8 Å². The Morgan fingerprint density at radius 1 is 1.00 bits per heavy atom. The van der Waals surface area contributed by atoms with Crippen molar-refractivity contribution in [3.63, 3.8) is 0 Å². The lowest BCUT2D eigenvalue weighted by Crippen LogP contribution is -2.04. The highest BCUT2D eigenvalue weighted by molar-refractivity contribution is 7.85. The zero-order valence-corrected chi connectivity index (χ0v) is 13.3. The molecule has 0 aliphatic carbocycles. The van der Waals surface area contributed by atoms with Crippen LogP contribution >= 0.6 is 0 Å². The van der Waals surface area contributed by atoms with Crippen molar-refractivity contribution in [2.45, 2.75) is 31.6 Å². The van der Waals surface area contributed by atoms with Gasteiger partial charge in [0.2, 0.25) is 0 Å². The molecule has 0 heterocycles. The van der Waals surface area contributed by atoms with Crippen molar-refractivity contribution >= 4 is 16.6 Å². The predicted molar refractivity (Wildman–Crippen MR) is 87.2 cm³/mol. The van der Waals surface area contributed by atoms with Crippen LogP contribution in [-0.2, 0) is 10.8 Å². The van der Waals surface area contributed by atoms with Gasteiger partial charge >= 0.3 is 0 Å². The van der Waals surface area contributed by atoms with Crippen LogP contribution in [0.5, 0.6) is 0 Å². The monoisotopic (exact) mass is 300 g/mol. The molecular weight excluding hydrogens is 280 g/mol. The number of benzene rings is 2. The molecule has 1 unspecified atom stereocenters. The summed E-state index contributed by atoms with van der Waals surface area (Å²) >= 11 is 0. The number of hydrogen-bond donors (Lipinski definition) is 0. The van der Waals surface area contributed by atoms with E-state index in [0.29, 0.717) is 18.6 Å². The molecule has 0 radical (unpaired) electrons. The summed E-state index contributed by atoms with van der Waals surface area (Å²) in [5.41, 5.74) is 3.09. The Morgan fingerprint density at radius 2 is 1.71 bits per heavy atom. The summed E-state index contributed by atoms with van der Waals surface area (Å²) in [4.78, 5) is 12.8. The summed E-state index contributed by atoms with van der Waals surface area (Å²) in [5.74, 6) is 0.647. The second-order valence-electron chi connectivity index (χ2n) is 5.19. The first-order chi connectivity index (χ1) is 10.1. The second kappa shape index (κ2) is 7.32. The third-order valence-electron chi connectivity index (χ3n) is 3.57. The third kappa shape index (κ3) is 4.36. The van der Waals surface area contributed by atoms with Crippen molar-refractivity contribution < 1.29 is 9.00 Å². The van der Waals surface area contributed by atoms with Gasteiger partial charge in [0.05, 0.1) is 10.8 Å². The normalized spacial score (nSPS) is 12.1. The zero-order valence-electron chi connectivity index (χ0n) is 12.5. The molecule has 0 fully saturated rings. The molecule has 0 saturated carbocycles. The Hall–Kier alpha value is -1.74. The lowest BCUT2D eigenvalue weighted by molar-refractivity contribution is 0.0982. The van der Waals surface area contributed by atoms with Gasteiger partial charge in [-0.2, -0.15) is 0 Å². The fourth-order valence-corrected chi connectivity index (χ4v) is 3.28. The van der Waals surface area contributed by atoms with E-state index in [1.54, 1.807) is 0 Å². The lowest BCUT2D eigenvalue weighted by Gasteiger charge is -2.05. The average molecular weight is 300 g/mol. The molecule has 2 aromatic carbocycles. The molecule has 0 saturated heterocycles. The van der Waals surface area contributed by atoms with Crippen molar-refractivity contribution in [3.05, 3.63) is 65.2 Å². The van der Waals surface area contributed by atoms with Crippen molar-refractivity contribution in [1.82, 2.24) is 0 Å². The Bertz CT molecular complexity index is 648. The fourth-order valence-electron chi connectivity index (χ4n) is 2.11. The van der Waals surface area contributed by atoms with Gasteiger partial charge < -0.3 is 0 Å². The Morgan fingerprint density at radius 3 is 2.38 bits per heavy atom. The van der Waals surface area contributed by atoms with Crippen molar-refractivity contribution in [1.29, 1.82) is 0 Å². The van der Waals surface area contributed by atoms with Gasteiger partial charge in [0.25, 0.3) is 0 Å². The van der Waals surface area contributed by atoms with E-state index >= 15 is 0 Å². The molecule has 2 nitrogen and oxygen atoms in total. The lowest BCUT2D eigenvalue weighted by atomic mass is 10.1. The summed E-state index contributed by atoms with van der Waals surface area (Å²) < 4.78 is 12.2. The molecule has 0 amide bonds. The third-order valence-corrected chi connectivity index (χ3v) is 5.01. The molecule has 3 heteroatoms. The summed E-state index contributed by atoms with van der Waals surface area (Å²) in [6, 6.07) is 15.2. The molecule has 0 aromatic heterocycles. The van der Waals surface area contributed by atoms with Gasteiger partial charge in [-0.3, -0.25) is 9.00 Å². The highest BCUT2D eigenvalue weighted by Crippen LogP contribution is 2.15. The fraction of sp³-hybridized carbons (Fsp3) is 0.278. The molecule has 2 aromatic rings. The van der Waals surface area contributed by atoms with Crippen LogP contribution in [0.25, 0.3) is 0 Å². The van der Waals surface area contributed by atoms with Crippen LogP contribution < -0.4 is 0 Å². The van der Waals surface area contributed by atoms with Gasteiger partial charge in [-0.15, -0.1) is 0 Å². The molecule has 1 atom stereocenters. The standard InChI is InChI=1S/C18H20O2S/c1-14-10-11-17(13-15(14)2)21(20)12-6-9-18(19)16-7-4-3-5-8-16/h3-5,7-8,10-11,13H,6,9,12H2,1-2H3. The van der Waals surface area contributed by atoms with Gasteiger partial charge in [-0.1, -0.05) is 36.4 Å². The molecule has 2 rings (SSSR count). The number of Topliss-reactive ketones (excluding diaryl/α,β-unsaturated/α-hetero) is 1. The molecule has 0 aliphatic rings. The number of carbonyl (C=O) groups excluding carboxylic acids is 1. The van der Waals surface area contributed by atoms with Gasteiger partial charge in [-0.05, 0) is 43.5 Å². The maximum atomic E-state index is 12.2. The van der Waals surface area contributed by atoms with Crippen LogP contribution in [0.4, 0.5) is 0 Å². The van der Waals surface area contributed by atoms with Gasteiger partial charge in [0, 0.05) is 22.6 Å². The zero-order chi connectivity index (χ0) is 15.2. The highest BCUT2D eigenvalue weighted by Gasteiger charge is 2.08. The SMILES string of the molecule is Cc1ccc(S(=O)CCCC(=O)c2ccccc2)cc1C. The van der Waals surface area contributed by atoms with E-state index in [1.807, 2.05) is 62.4 Å². The van der Waals surface area contributed by atoms with E-state index in [0.717, 1.165) is 16.0 Å². The van der Waals surface area contributed by atoms with Crippen molar-refractivity contribution in [2.75, 3.05) is 5.75 Å². The molecule has 110 valence electrons. The maximum absolute atomic E-state index is 12.2. The molecular formula is C18H20O2S. The first-order valence-corrected chi connectivity index (χ1v) is 8.43. The van der Waals surface area contributed by atoms with E-state index in [4.69, 9.17) is 0 Å².